The third kappa shape index (κ3) is 3.73. The predicted octanol–water partition coefficient (Wildman–Crippen LogP) is 1.81. The first-order valence-corrected chi connectivity index (χ1v) is 6.49. The zero-order valence-electron chi connectivity index (χ0n) is 12.3. The van der Waals surface area contributed by atoms with Crippen LogP contribution in [0.4, 0.5) is 0 Å². The van der Waals surface area contributed by atoms with Crippen LogP contribution in [0.1, 0.15) is 19.4 Å². The van der Waals surface area contributed by atoms with Gasteiger partial charge in [-0.1, -0.05) is 18.2 Å². The van der Waals surface area contributed by atoms with E-state index in [9.17, 15) is 9.59 Å². The average molecular weight is 279 g/mol. The van der Waals surface area contributed by atoms with E-state index in [0.717, 1.165) is 11.3 Å². The minimum absolute atomic E-state index is 0.111. The van der Waals surface area contributed by atoms with Crippen LogP contribution in [-0.4, -0.2) is 42.1 Å². The summed E-state index contributed by atoms with van der Waals surface area (Å²) in [5, 5.41) is 8.89. The third-order valence-electron chi connectivity index (χ3n) is 3.46. The Hall–Kier alpha value is -2.04. The highest BCUT2D eigenvalue weighted by atomic mass is 16.5. The van der Waals surface area contributed by atoms with Gasteiger partial charge in [-0.25, -0.2) is 0 Å². The van der Waals surface area contributed by atoms with Crippen molar-refractivity contribution in [3.63, 3.8) is 0 Å². The number of hydrogen-bond acceptors (Lipinski definition) is 3. The summed E-state index contributed by atoms with van der Waals surface area (Å²) in [4.78, 5) is 24.3. The topological polar surface area (TPSA) is 66.8 Å². The number of hydrogen-bond donors (Lipinski definition) is 1. The first-order valence-electron chi connectivity index (χ1n) is 6.49. The van der Waals surface area contributed by atoms with Crippen molar-refractivity contribution >= 4 is 11.9 Å². The van der Waals surface area contributed by atoms with Gasteiger partial charge in [-0.15, -0.1) is 0 Å². The van der Waals surface area contributed by atoms with Crippen LogP contribution in [0.5, 0.6) is 5.75 Å². The zero-order chi connectivity index (χ0) is 15.3. The quantitative estimate of drug-likeness (QED) is 0.806. The Morgan fingerprint density at radius 3 is 2.45 bits per heavy atom. The summed E-state index contributed by atoms with van der Waals surface area (Å²) >= 11 is 0. The fourth-order valence-corrected chi connectivity index (χ4v) is 1.96. The molecule has 0 aromatic heterocycles. The molecule has 110 valence electrons. The summed E-state index contributed by atoms with van der Waals surface area (Å²) in [6, 6.07) is 7.49. The number of rotatable bonds is 6. The van der Waals surface area contributed by atoms with Crippen molar-refractivity contribution in [3.8, 4) is 5.75 Å². The van der Waals surface area contributed by atoms with E-state index in [1.165, 1.54) is 11.8 Å². The van der Waals surface area contributed by atoms with Crippen LogP contribution < -0.4 is 4.74 Å². The molecule has 0 saturated carbocycles. The first kappa shape index (κ1) is 16.0. The molecule has 2 unspecified atom stereocenters. The lowest BCUT2D eigenvalue weighted by atomic mass is 10.0. The smallest absolute Gasteiger partial charge is 0.315 e. The van der Waals surface area contributed by atoms with Gasteiger partial charge in [0.1, 0.15) is 11.7 Å². The lowest BCUT2D eigenvalue weighted by Crippen LogP contribution is -2.41. The maximum absolute atomic E-state index is 12.0. The van der Waals surface area contributed by atoms with Gasteiger partial charge in [0, 0.05) is 13.1 Å². The molecule has 1 N–H and O–H groups in total. The normalized spacial score (nSPS) is 13.4. The van der Waals surface area contributed by atoms with Crippen LogP contribution >= 0.6 is 0 Å². The molecule has 1 rings (SSSR count). The highest BCUT2D eigenvalue weighted by Crippen LogP contribution is 2.20. The van der Waals surface area contributed by atoms with E-state index in [2.05, 4.69) is 0 Å². The van der Waals surface area contributed by atoms with Gasteiger partial charge in [0.25, 0.3) is 0 Å². The van der Waals surface area contributed by atoms with Gasteiger partial charge in [0.15, 0.2) is 0 Å². The van der Waals surface area contributed by atoms with E-state index < -0.39 is 11.9 Å². The molecule has 0 aliphatic rings. The first-order chi connectivity index (χ1) is 9.38. The van der Waals surface area contributed by atoms with Crippen LogP contribution in [0.15, 0.2) is 24.3 Å². The fourth-order valence-electron chi connectivity index (χ4n) is 1.96. The Bertz CT molecular complexity index is 487. The van der Waals surface area contributed by atoms with Gasteiger partial charge in [-0.2, -0.15) is 0 Å². The molecular formula is C15H21NO4. The third-order valence-corrected chi connectivity index (χ3v) is 3.46. The molecule has 0 spiro atoms. The van der Waals surface area contributed by atoms with Gasteiger partial charge in [0.05, 0.1) is 7.11 Å². The molecule has 0 aliphatic carbocycles. The zero-order valence-corrected chi connectivity index (χ0v) is 12.3. The minimum atomic E-state index is -1.11. The molecule has 0 bridgehead atoms. The standard InChI is InChI=1S/C15H21NO4/c1-10(16(3)14(17)11(2)15(18)19)9-12-7-5-6-8-13(12)20-4/h5-8,10-11H,9H2,1-4H3,(H,18,19). The molecule has 5 nitrogen and oxygen atoms in total. The van der Waals surface area contributed by atoms with Crippen LogP contribution in [0.2, 0.25) is 0 Å². The van der Waals surface area contributed by atoms with Crippen molar-refractivity contribution < 1.29 is 19.4 Å². The van der Waals surface area contributed by atoms with Crippen LogP contribution in [-0.2, 0) is 16.0 Å². The minimum Gasteiger partial charge on any atom is -0.496 e. The second-order valence-electron chi connectivity index (χ2n) is 4.87. The highest BCUT2D eigenvalue weighted by molar-refractivity contribution is 5.96. The number of aliphatic carboxylic acids is 1. The number of methoxy groups -OCH3 is 1. The van der Waals surface area contributed by atoms with Gasteiger partial charge < -0.3 is 14.7 Å². The Morgan fingerprint density at radius 2 is 1.90 bits per heavy atom. The molecule has 1 aromatic rings. The van der Waals surface area contributed by atoms with Crippen molar-refractivity contribution in [1.82, 2.24) is 4.90 Å². The largest absolute Gasteiger partial charge is 0.496 e. The molecule has 5 heteroatoms. The number of ether oxygens (including phenoxy) is 1. The summed E-state index contributed by atoms with van der Waals surface area (Å²) in [6.45, 7) is 3.29. The van der Waals surface area contributed by atoms with E-state index in [-0.39, 0.29) is 11.9 Å². The van der Waals surface area contributed by atoms with Gasteiger partial charge in [-0.05, 0) is 31.9 Å². The maximum atomic E-state index is 12.0. The van der Waals surface area contributed by atoms with Gasteiger partial charge >= 0.3 is 5.97 Å². The molecule has 0 aliphatic heterocycles. The number of para-hydroxylation sites is 1. The molecule has 0 heterocycles. The number of carbonyl (C=O) groups is 2. The van der Waals surface area contributed by atoms with E-state index in [1.54, 1.807) is 14.2 Å². The Balaban J connectivity index is 2.77. The number of amides is 1. The Kier molecular flexibility index (Phi) is 5.55. The van der Waals surface area contributed by atoms with E-state index >= 15 is 0 Å². The lowest BCUT2D eigenvalue weighted by Gasteiger charge is -2.27. The number of likely N-dealkylation sites (N-methyl/N-ethyl adjacent to an activating group) is 1. The molecule has 1 aromatic carbocycles. The van der Waals surface area contributed by atoms with Crippen molar-refractivity contribution in [3.05, 3.63) is 29.8 Å². The molecule has 0 saturated heterocycles. The van der Waals surface area contributed by atoms with Gasteiger partial charge in [-0.3, -0.25) is 9.59 Å². The average Bonchev–Trinajstić information content (AvgIpc) is 2.45. The molecule has 0 fully saturated rings. The van der Waals surface area contributed by atoms with Crippen LogP contribution in [0, 0.1) is 5.92 Å². The number of carboxylic acids is 1. The van der Waals surface area contributed by atoms with Crippen molar-refractivity contribution in [1.29, 1.82) is 0 Å². The summed E-state index contributed by atoms with van der Waals surface area (Å²) in [6.07, 6.45) is 0.610. The predicted molar refractivity (Wildman–Crippen MR) is 75.7 cm³/mol. The molecule has 2 atom stereocenters. The molecule has 1 amide bonds. The number of carbonyl (C=O) groups excluding carboxylic acids is 1. The summed E-state index contributed by atoms with van der Waals surface area (Å²) in [5.41, 5.74) is 0.991. The Labute approximate surface area is 119 Å². The SMILES string of the molecule is COc1ccccc1CC(C)N(C)C(=O)C(C)C(=O)O. The summed E-state index contributed by atoms with van der Waals surface area (Å²) < 4.78 is 5.27. The van der Waals surface area contributed by atoms with Crippen LogP contribution in [0.25, 0.3) is 0 Å². The summed E-state index contributed by atoms with van der Waals surface area (Å²) in [7, 11) is 3.23. The van der Waals surface area contributed by atoms with E-state index in [4.69, 9.17) is 9.84 Å². The lowest BCUT2D eigenvalue weighted by molar-refractivity contribution is -0.150. The monoisotopic (exact) mass is 279 g/mol. The second-order valence-corrected chi connectivity index (χ2v) is 4.87. The van der Waals surface area contributed by atoms with E-state index in [1.807, 2.05) is 31.2 Å². The number of carboxylic acid groups (broad SMARTS) is 1. The van der Waals surface area contributed by atoms with Crippen molar-refractivity contribution in [2.75, 3.05) is 14.2 Å². The van der Waals surface area contributed by atoms with E-state index in [0.29, 0.717) is 6.42 Å². The summed E-state index contributed by atoms with van der Waals surface area (Å²) in [5.74, 6) is -1.75. The van der Waals surface area contributed by atoms with Gasteiger partial charge in [0.2, 0.25) is 5.91 Å². The van der Waals surface area contributed by atoms with Crippen molar-refractivity contribution in [2.24, 2.45) is 5.92 Å². The number of nitrogens with zero attached hydrogens (tertiary/aromatic N) is 1. The highest BCUT2D eigenvalue weighted by Gasteiger charge is 2.27. The van der Waals surface area contributed by atoms with Crippen molar-refractivity contribution in [2.45, 2.75) is 26.3 Å². The number of benzene rings is 1. The molecular weight excluding hydrogens is 258 g/mol. The molecule has 0 radical (unpaired) electrons. The second kappa shape index (κ2) is 6.93. The Morgan fingerprint density at radius 1 is 1.30 bits per heavy atom. The maximum Gasteiger partial charge on any atom is 0.315 e. The van der Waals surface area contributed by atoms with Crippen LogP contribution in [0.3, 0.4) is 0 Å². The fraction of sp³-hybridized carbons (Fsp3) is 0.467. The molecule has 20 heavy (non-hydrogen) atoms.